The van der Waals surface area contributed by atoms with E-state index < -0.39 is 28.5 Å². The molecular formula is C21H24N2O6S. The summed E-state index contributed by atoms with van der Waals surface area (Å²) < 4.78 is 37.1. The Morgan fingerprint density at radius 1 is 1.07 bits per heavy atom. The van der Waals surface area contributed by atoms with E-state index in [2.05, 4.69) is 5.32 Å². The fraction of sp³-hybridized carbons (Fsp3) is 0.333. The number of rotatable bonds is 6. The first-order valence-electron chi connectivity index (χ1n) is 9.49. The summed E-state index contributed by atoms with van der Waals surface area (Å²) in [6.45, 7) is 4.61. The number of hydrogen-bond acceptors (Lipinski definition) is 6. The van der Waals surface area contributed by atoms with Crippen LogP contribution in [0.1, 0.15) is 21.5 Å². The van der Waals surface area contributed by atoms with E-state index in [1.165, 1.54) is 16.4 Å². The molecule has 1 N–H and O–H groups in total. The number of ether oxygens (including phenoxy) is 2. The molecule has 3 rings (SSSR count). The quantitative estimate of drug-likeness (QED) is 0.702. The molecule has 1 saturated heterocycles. The maximum Gasteiger partial charge on any atom is 0.338 e. The van der Waals surface area contributed by atoms with Crippen molar-refractivity contribution in [2.24, 2.45) is 0 Å². The van der Waals surface area contributed by atoms with Gasteiger partial charge in [-0.2, -0.15) is 4.31 Å². The number of hydrogen-bond donors (Lipinski definition) is 1. The molecule has 1 aliphatic rings. The Bertz CT molecular complexity index is 1050. The van der Waals surface area contributed by atoms with E-state index in [9.17, 15) is 18.0 Å². The third-order valence-corrected chi connectivity index (χ3v) is 6.70. The van der Waals surface area contributed by atoms with Gasteiger partial charge in [0.1, 0.15) is 0 Å². The number of benzene rings is 2. The molecule has 0 bridgehead atoms. The Morgan fingerprint density at radius 2 is 1.80 bits per heavy atom. The Morgan fingerprint density at radius 3 is 2.50 bits per heavy atom. The minimum Gasteiger partial charge on any atom is -0.452 e. The SMILES string of the molecule is Cc1ccc(C(=O)OCC(=O)Nc2cccc(S(=O)(=O)N3CCOCC3)c2)cc1C. The summed E-state index contributed by atoms with van der Waals surface area (Å²) in [6, 6.07) is 11.1. The summed E-state index contributed by atoms with van der Waals surface area (Å²) in [4.78, 5) is 24.4. The number of carbonyl (C=O) groups is 2. The number of esters is 1. The van der Waals surface area contributed by atoms with E-state index in [1.54, 1.807) is 24.3 Å². The van der Waals surface area contributed by atoms with Gasteiger partial charge in [-0.3, -0.25) is 4.79 Å². The van der Waals surface area contributed by atoms with Crippen molar-refractivity contribution >= 4 is 27.6 Å². The molecule has 30 heavy (non-hydrogen) atoms. The smallest absolute Gasteiger partial charge is 0.338 e. The van der Waals surface area contributed by atoms with Gasteiger partial charge in [-0.1, -0.05) is 12.1 Å². The average Bonchev–Trinajstić information content (AvgIpc) is 2.75. The molecule has 2 aromatic carbocycles. The summed E-state index contributed by atoms with van der Waals surface area (Å²) in [7, 11) is -3.67. The minimum absolute atomic E-state index is 0.0781. The molecule has 0 spiro atoms. The highest BCUT2D eigenvalue weighted by atomic mass is 32.2. The molecule has 0 aromatic heterocycles. The number of carbonyl (C=O) groups excluding carboxylic acids is 2. The predicted molar refractivity (Wildman–Crippen MR) is 111 cm³/mol. The van der Waals surface area contributed by atoms with Crippen molar-refractivity contribution in [2.75, 3.05) is 38.2 Å². The van der Waals surface area contributed by atoms with Crippen LogP contribution < -0.4 is 5.32 Å². The van der Waals surface area contributed by atoms with Gasteiger partial charge in [0.2, 0.25) is 10.0 Å². The van der Waals surface area contributed by atoms with Crippen molar-refractivity contribution in [2.45, 2.75) is 18.7 Å². The lowest BCUT2D eigenvalue weighted by molar-refractivity contribution is -0.119. The predicted octanol–water partition coefficient (Wildman–Crippen LogP) is 2.12. The van der Waals surface area contributed by atoms with Crippen LogP contribution in [-0.4, -0.2) is 57.5 Å². The largest absolute Gasteiger partial charge is 0.452 e. The molecular weight excluding hydrogens is 408 g/mol. The second-order valence-electron chi connectivity index (χ2n) is 6.97. The van der Waals surface area contributed by atoms with Gasteiger partial charge >= 0.3 is 5.97 Å². The number of nitrogens with zero attached hydrogens (tertiary/aromatic N) is 1. The molecule has 2 aromatic rings. The highest BCUT2D eigenvalue weighted by Crippen LogP contribution is 2.20. The van der Waals surface area contributed by atoms with Gasteiger partial charge in [0.25, 0.3) is 5.91 Å². The van der Waals surface area contributed by atoms with E-state index in [0.717, 1.165) is 11.1 Å². The first-order chi connectivity index (χ1) is 14.3. The first kappa shape index (κ1) is 21.9. The number of anilines is 1. The monoisotopic (exact) mass is 432 g/mol. The fourth-order valence-corrected chi connectivity index (χ4v) is 4.40. The molecule has 0 unspecified atom stereocenters. The van der Waals surface area contributed by atoms with E-state index in [0.29, 0.717) is 24.5 Å². The third kappa shape index (κ3) is 5.24. The van der Waals surface area contributed by atoms with Crippen molar-refractivity contribution in [3.63, 3.8) is 0 Å². The Labute approximate surface area is 175 Å². The van der Waals surface area contributed by atoms with Crippen LogP contribution in [0.2, 0.25) is 0 Å². The van der Waals surface area contributed by atoms with Gasteiger partial charge in [-0.25, -0.2) is 13.2 Å². The van der Waals surface area contributed by atoms with E-state index in [-0.39, 0.29) is 18.0 Å². The Balaban J connectivity index is 1.61. The van der Waals surface area contributed by atoms with Crippen LogP contribution in [0.4, 0.5) is 5.69 Å². The van der Waals surface area contributed by atoms with Gasteiger partial charge in [-0.05, 0) is 55.3 Å². The number of nitrogens with one attached hydrogen (secondary N) is 1. The van der Waals surface area contributed by atoms with Crippen LogP contribution in [-0.2, 0) is 24.3 Å². The van der Waals surface area contributed by atoms with E-state index in [1.807, 2.05) is 19.9 Å². The molecule has 160 valence electrons. The number of aryl methyl sites for hydroxylation is 2. The zero-order valence-electron chi connectivity index (χ0n) is 16.9. The van der Waals surface area contributed by atoms with E-state index in [4.69, 9.17) is 9.47 Å². The third-order valence-electron chi connectivity index (χ3n) is 4.80. The summed E-state index contributed by atoms with van der Waals surface area (Å²) in [6.07, 6.45) is 0. The Hall–Kier alpha value is -2.75. The van der Waals surface area contributed by atoms with Crippen LogP contribution in [0.3, 0.4) is 0 Å². The standard InChI is InChI=1S/C21H24N2O6S/c1-15-6-7-17(12-16(15)2)21(25)29-14-20(24)22-18-4-3-5-19(13-18)30(26,27)23-8-10-28-11-9-23/h3-7,12-13H,8-11,14H2,1-2H3,(H,22,24). The molecule has 0 saturated carbocycles. The number of sulfonamides is 1. The molecule has 1 heterocycles. The zero-order valence-corrected chi connectivity index (χ0v) is 17.7. The highest BCUT2D eigenvalue weighted by Gasteiger charge is 2.26. The van der Waals surface area contributed by atoms with Gasteiger partial charge in [-0.15, -0.1) is 0 Å². The summed E-state index contributed by atoms with van der Waals surface area (Å²) in [5.41, 5.74) is 2.67. The normalized spacial score (nSPS) is 14.9. The van der Waals surface area contributed by atoms with Crippen LogP contribution in [0.25, 0.3) is 0 Å². The average molecular weight is 432 g/mol. The second-order valence-corrected chi connectivity index (χ2v) is 8.91. The highest BCUT2D eigenvalue weighted by molar-refractivity contribution is 7.89. The van der Waals surface area contributed by atoms with Crippen LogP contribution in [0.5, 0.6) is 0 Å². The topological polar surface area (TPSA) is 102 Å². The molecule has 9 heteroatoms. The lowest BCUT2D eigenvalue weighted by Crippen LogP contribution is -2.40. The maximum atomic E-state index is 12.7. The molecule has 1 amide bonds. The Kier molecular flexibility index (Phi) is 6.86. The maximum absolute atomic E-state index is 12.7. The van der Waals surface area contributed by atoms with Gasteiger partial charge in [0, 0.05) is 18.8 Å². The first-order valence-corrected chi connectivity index (χ1v) is 10.9. The van der Waals surface area contributed by atoms with Gasteiger partial charge < -0.3 is 14.8 Å². The van der Waals surface area contributed by atoms with E-state index >= 15 is 0 Å². The zero-order chi connectivity index (χ0) is 21.7. The van der Waals surface area contributed by atoms with Crippen molar-refractivity contribution in [3.05, 3.63) is 59.2 Å². The molecule has 0 radical (unpaired) electrons. The van der Waals surface area contributed by atoms with Crippen molar-refractivity contribution < 1.29 is 27.5 Å². The molecule has 0 atom stereocenters. The summed E-state index contributed by atoms with van der Waals surface area (Å²) in [5.74, 6) is -1.16. The van der Waals surface area contributed by atoms with Gasteiger partial charge in [0.05, 0.1) is 23.7 Å². The van der Waals surface area contributed by atoms with Crippen molar-refractivity contribution in [1.82, 2.24) is 4.31 Å². The number of morpholine rings is 1. The lowest BCUT2D eigenvalue weighted by atomic mass is 10.1. The van der Waals surface area contributed by atoms with Crippen LogP contribution in [0, 0.1) is 13.8 Å². The minimum atomic E-state index is -3.67. The molecule has 0 aliphatic carbocycles. The molecule has 8 nitrogen and oxygen atoms in total. The second kappa shape index (κ2) is 9.38. The van der Waals surface area contributed by atoms with Crippen LogP contribution >= 0.6 is 0 Å². The number of amides is 1. The van der Waals surface area contributed by atoms with Gasteiger partial charge in [0.15, 0.2) is 6.61 Å². The summed E-state index contributed by atoms with van der Waals surface area (Å²) in [5, 5.41) is 2.56. The lowest BCUT2D eigenvalue weighted by Gasteiger charge is -2.26. The molecule has 1 fully saturated rings. The fourth-order valence-electron chi connectivity index (χ4n) is 2.95. The van der Waals surface area contributed by atoms with Crippen molar-refractivity contribution in [1.29, 1.82) is 0 Å². The van der Waals surface area contributed by atoms with Crippen LogP contribution in [0.15, 0.2) is 47.4 Å². The summed E-state index contributed by atoms with van der Waals surface area (Å²) >= 11 is 0. The van der Waals surface area contributed by atoms with Crippen molar-refractivity contribution in [3.8, 4) is 0 Å². The molecule has 1 aliphatic heterocycles.